The van der Waals surface area contributed by atoms with Gasteiger partial charge in [-0.25, -0.2) is 25.8 Å². The molecule has 0 aliphatic heterocycles. The normalized spacial score (nSPS) is 10.4. The van der Waals surface area contributed by atoms with Gasteiger partial charge < -0.3 is 16.9 Å². The Morgan fingerprint density at radius 2 is 1.79 bits per heavy atom. The molecule has 0 aliphatic carbocycles. The molecule has 2 rings (SSSR count). The summed E-state index contributed by atoms with van der Waals surface area (Å²) in [4.78, 5) is 16.7. The molecule has 0 saturated heterocycles. The monoisotopic (exact) mass is 278 g/mol. The molecule has 8 nitrogen and oxygen atoms in total. The molecule has 19 heavy (non-hydrogen) atoms. The zero-order valence-electron chi connectivity index (χ0n) is 10.3. The summed E-state index contributed by atoms with van der Waals surface area (Å²) < 4.78 is 0. The number of thioether (sulfide) groups is 1. The highest BCUT2D eigenvalue weighted by Gasteiger charge is 2.06. The van der Waals surface area contributed by atoms with Gasteiger partial charge in [-0.15, -0.1) is 0 Å². The summed E-state index contributed by atoms with van der Waals surface area (Å²) >= 11 is 1.35. The van der Waals surface area contributed by atoms with Gasteiger partial charge in [0.2, 0.25) is 0 Å². The minimum atomic E-state index is 0.337. The second-order valence-corrected chi connectivity index (χ2v) is 4.69. The fourth-order valence-electron chi connectivity index (χ4n) is 1.42. The number of rotatable bonds is 4. The number of aromatic nitrogens is 4. The largest absolute Gasteiger partial charge is 0.383 e. The van der Waals surface area contributed by atoms with E-state index in [9.17, 15) is 0 Å². The molecule has 0 atom stereocenters. The Balaban J connectivity index is 2.11. The van der Waals surface area contributed by atoms with Crippen LogP contribution in [0.1, 0.15) is 11.5 Å². The van der Waals surface area contributed by atoms with Crippen molar-refractivity contribution in [2.45, 2.75) is 17.8 Å². The first kappa shape index (κ1) is 13.3. The van der Waals surface area contributed by atoms with Gasteiger partial charge in [0.15, 0.2) is 5.16 Å². The molecule has 0 aliphatic rings. The molecule has 2 aromatic rings. The van der Waals surface area contributed by atoms with Crippen LogP contribution >= 0.6 is 11.8 Å². The lowest BCUT2D eigenvalue weighted by Gasteiger charge is -2.05. The summed E-state index contributed by atoms with van der Waals surface area (Å²) in [5.41, 5.74) is 14.5. The number of nitrogens with zero attached hydrogens (tertiary/aromatic N) is 4. The minimum absolute atomic E-state index is 0.337. The molecule has 2 aromatic heterocycles. The third-order valence-electron chi connectivity index (χ3n) is 2.12. The van der Waals surface area contributed by atoms with Gasteiger partial charge in [-0.05, 0) is 6.92 Å². The molecule has 100 valence electrons. The second kappa shape index (κ2) is 5.67. The van der Waals surface area contributed by atoms with Crippen molar-refractivity contribution in [1.82, 2.24) is 19.9 Å². The molecule has 0 unspecified atom stereocenters. The van der Waals surface area contributed by atoms with Gasteiger partial charge in [0, 0.05) is 17.8 Å². The van der Waals surface area contributed by atoms with Crippen LogP contribution in [-0.4, -0.2) is 19.9 Å². The van der Waals surface area contributed by atoms with Gasteiger partial charge in [0.1, 0.15) is 23.3 Å². The van der Waals surface area contributed by atoms with E-state index >= 15 is 0 Å². The molecular formula is C10H14N8S. The first-order valence-corrected chi connectivity index (χ1v) is 6.39. The molecule has 0 radical (unpaired) electrons. The Hall–Kier alpha value is -2.13. The fraction of sp³-hybridized carbons (Fsp3) is 0.200. The summed E-state index contributed by atoms with van der Waals surface area (Å²) in [5.74, 6) is 7.70. The van der Waals surface area contributed by atoms with Crippen LogP contribution in [0, 0.1) is 6.92 Å². The van der Waals surface area contributed by atoms with Crippen LogP contribution in [0.4, 0.5) is 17.5 Å². The van der Waals surface area contributed by atoms with E-state index in [1.54, 1.807) is 6.07 Å². The molecule has 7 N–H and O–H groups in total. The predicted molar refractivity (Wildman–Crippen MR) is 75.0 cm³/mol. The number of aryl methyl sites for hydroxylation is 1. The van der Waals surface area contributed by atoms with E-state index in [1.807, 2.05) is 6.92 Å². The molecule has 2 heterocycles. The minimum Gasteiger partial charge on any atom is -0.383 e. The number of nitrogen functional groups attached to an aromatic ring is 3. The van der Waals surface area contributed by atoms with Crippen LogP contribution in [0.3, 0.4) is 0 Å². The number of hydrogen-bond acceptors (Lipinski definition) is 9. The van der Waals surface area contributed by atoms with E-state index < -0.39 is 0 Å². The first-order valence-electron chi connectivity index (χ1n) is 5.41. The van der Waals surface area contributed by atoms with Crippen molar-refractivity contribution >= 4 is 29.2 Å². The summed E-state index contributed by atoms with van der Waals surface area (Å²) in [5, 5.41) is 0.491. The molecule has 0 aromatic carbocycles. The van der Waals surface area contributed by atoms with Crippen molar-refractivity contribution in [1.29, 1.82) is 0 Å². The average Bonchev–Trinajstić information content (AvgIpc) is 2.34. The van der Waals surface area contributed by atoms with Crippen molar-refractivity contribution in [3.8, 4) is 0 Å². The van der Waals surface area contributed by atoms with Gasteiger partial charge in [-0.3, -0.25) is 0 Å². The Bertz CT molecular complexity index is 567. The van der Waals surface area contributed by atoms with Gasteiger partial charge in [-0.2, -0.15) is 0 Å². The molecule has 0 amide bonds. The van der Waals surface area contributed by atoms with Crippen molar-refractivity contribution in [3.05, 3.63) is 23.7 Å². The van der Waals surface area contributed by atoms with E-state index in [-0.39, 0.29) is 0 Å². The highest BCUT2D eigenvalue weighted by Crippen LogP contribution is 2.20. The Labute approximate surface area is 114 Å². The van der Waals surface area contributed by atoms with Crippen LogP contribution in [-0.2, 0) is 5.75 Å². The van der Waals surface area contributed by atoms with Gasteiger partial charge in [-0.1, -0.05) is 11.8 Å². The molecule has 0 bridgehead atoms. The van der Waals surface area contributed by atoms with Crippen LogP contribution < -0.4 is 22.7 Å². The zero-order valence-corrected chi connectivity index (χ0v) is 11.1. The number of hydrazine groups is 1. The predicted octanol–water partition coefficient (Wildman–Crippen LogP) is 0.317. The molecule has 0 saturated carbocycles. The molecule has 9 heteroatoms. The van der Waals surface area contributed by atoms with E-state index in [1.165, 1.54) is 17.8 Å². The third kappa shape index (κ3) is 3.66. The van der Waals surface area contributed by atoms with Gasteiger partial charge >= 0.3 is 0 Å². The summed E-state index contributed by atoms with van der Waals surface area (Å²) in [6.45, 7) is 1.87. The van der Waals surface area contributed by atoms with Gasteiger partial charge in [0.05, 0.1) is 5.75 Å². The lowest BCUT2D eigenvalue weighted by atomic mass is 10.4. The van der Waals surface area contributed by atoms with Crippen LogP contribution in [0.15, 0.2) is 17.3 Å². The highest BCUT2D eigenvalue weighted by molar-refractivity contribution is 7.98. The third-order valence-corrected chi connectivity index (χ3v) is 2.97. The lowest BCUT2D eigenvalue weighted by molar-refractivity contribution is 0.962. The van der Waals surface area contributed by atoms with Crippen molar-refractivity contribution in [2.75, 3.05) is 16.9 Å². The smallest absolute Gasteiger partial charge is 0.191 e. The number of nitrogens with one attached hydrogen (secondary N) is 1. The van der Waals surface area contributed by atoms with Crippen LogP contribution in [0.5, 0.6) is 0 Å². The lowest BCUT2D eigenvalue weighted by Crippen LogP contribution is -2.10. The summed E-state index contributed by atoms with van der Waals surface area (Å²) in [6.07, 6.45) is 0. The van der Waals surface area contributed by atoms with Crippen molar-refractivity contribution < 1.29 is 0 Å². The molecular weight excluding hydrogens is 264 g/mol. The Kier molecular flexibility index (Phi) is 3.97. The zero-order chi connectivity index (χ0) is 13.8. The van der Waals surface area contributed by atoms with Crippen LogP contribution in [0.2, 0.25) is 0 Å². The number of hydrogen-bond donors (Lipinski definition) is 4. The Morgan fingerprint density at radius 1 is 1.11 bits per heavy atom. The van der Waals surface area contributed by atoms with E-state index in [0.29, 0.717) is 34.2 Å². The van der Waals surface area contributed by atoms with E-state index in [2.05, 4.69) is 25.4 Å². The Morgan fingerprint density at radius 3 is 2.42 bits per heavy atom. The fourth-order valence-corrected chi connectivity index (χ4v) is 2.15. The number of anilines is 3. The van der Waals surface area contributed by atoms with E-state index in [4.69, 9.17) is 17.3 Å². The van der Waals surface area contributed by atoms with Gasteiger partial charge in [0.25, 0.3) is 0 Å². The van der Waals surface area contributed by atoms with E-state index in [0.717, 1.165) is 5.69 Å². The summed E-state index contributed by atoms with van der Waals surface area (Å²) in [7, 11) is 0. The van der Waals surface area contributed by atoms with Crippen molar-refractivity contribution in [3.63, 3.8) is 0 Å². The maximum Gasteiger partial charge on any atom is 0.191 e. The van der Waals surface area contributed by atoms with Crippen LogP contribution in [0.25, 0.3) is 0 Å². The quantitative estimate of drug-likeness (QED) is 0.269. The molecule has 0 spiro atoms. The highest BCUT2D eigenvalue weighted by atomic mass is 32.2. The van der Waals surface area contributed by atoms with Crippen molar-refractivity contribution in [2.24, 2.45) is 5.84 Å². The topological polar surface area (TPSA) is 142 Å². The number of nitrogens with two attached hydrogens (primary N) is 3. The molecule has 0 fully saturated rings. The maximum absolute atomic E-state index is 5.60. The second-order valence-electron chi connectivity index (χ2n) is 3.74. The summed E-state index contributed by atoms with van der Waals surface area (Å²) in [6, 6.07) is 3.26. The maximum atomic E-state index is 5.60. The SMILES string of the molecule is Cc1cc(NN)nc(CSc2nc(N)cc(N)n2)n1. The average molecular weight is 278 g/mol. The first-order chi connectivity index (χ1) is 9.06. The standard InChI is InChI=1S/C10H14N8S/c1-5-2-8(18-13)17-9(14-5)4-19-10-15-6(11)3-7(12)16-10/h2-3H,4,13H2,1H3,(H,14,17,18)(H4,11,12,15,16).